The fourth-order valence-electron chi connectivity index (χ4n) is 3.02. The number of carbonyl (C=O) groups is 1. The van der Waals surface area contributed by atoms with Gasteiger partial charge < -0.3 is 5.32 Å². The molecular formula is C19H18N6O. The SMILES string of the molecule is Cc1cc(NC(=O)Cn2nc(-c3ccncc3)c3ccccc32)n(C)n1. The van der Waals surface area contributed by atoms with Crippen LogP contribution in [0.1, 0.15) is 5.69 Å². The zero-order valence-electron chi connectivity index (χ0n) is 14.5. The summed E-state index contributed by atoms with van der Waals surface area (Å²) in [5, 5.41) is 12.8. The quantitative estimate of drug-likeness (QED) is 0.616. The molecule has 0 spiro atoms. The molecule has 0 aliphatic rings. The van der Waals surface area contributed by atoms with E-state index in [4.69, 9.17) is 0 Å². The van der Waals surface area contributed by atoms with Crippen molar-refractivity contribution >= 4 is 22.6 Å². The van der Waals surface area contributed by atoms with Crippen molar-refractivity contribution in [3.63, 3.8) is 0 Å². The molecule has 0 aliphatic heterocycles. The third-order valence-corrected chi connectivity index (χ3v) is 4.17. The van der Waals surface area contributed by atoms with Crippen molar-refractivity contribution in [1.82, 2.24) is 24.5 Å². The van der Waals surface area contributed by atoms with Crippen LogP contribution in [0.5, 0.6) is 0 Å². The molecule has 0 radical (unpaired) electrons. The first kappa shape index (κ1) is 16.0. The summed E-state index contributed by atoms with van der Waals surface area (Å²) in [7, 11) is 1.80. The molecule has 4 aromatic rings. The predicted molar refractivity (Wildman–Crippen MR) is 99.5 cm³/mol. The molecule has 0 unspecified atom stereocenters. The number of anilines is 1. The number of pyridine rings is 1. The van der Waals surface area contributed by atoms with Gasteiger partial charge in [-0.1, -0.05) is 18.2 Å². The molecule has 1 amide bonds. The van der Waals surface area contributed by atoms with Crippen molar-refractivity contribution in [2.75, 3.05) is 5.32 Å². The van der Waals surface area contributed by atoms with Crippen LogP contribution in [0.4, 0.5) is 5.82 Å². The van der Waals surface area contributed by atoms with Gasteiger partial charge in [0.2, 0.25) is 5.91 Å². The zero-order valence-corrected chi connectivity index (χ0v) is 14.5. The highest BCUT2D eigenvalue weighted by Gasteiger charge is 2.15. The minimum Gasteiger partial charge on any atom is -0.309 e. The molecule has 7 heteroatoms. The van der Waals surface area contributed by atoms with Crippen LogP contribution in [-0.2, 0) is 18.4 Å². The number of fused-ring (bicyclic) bond motifs is 1. The van der Waals surface area contributed by atoms with Crippen molar-refractivity contribution in [3.8, 4) is 11.3 Å². The Morgan fingerprint density at radius 2 is 1.88 bits per heavy atom. The minimum absolute atomic E-state index is 0.121. The number of hydrogen-bond donors (Lipinski definition) is 1. The summed E-state index contributed by atoms with van der Waals surface area (Å²) >= 11 is 0. The molecule has 0 saturated heterocycles. The molecule has 130 valence electrons. The predicted octanol–water partition coefficient (Wildman–Crippen LogP) is 2.78. The largest absolute Gasteiger partial charge is 0.309 e. The third kappa shape index (κ3) is 2.95. The van der Waals surface area contributed by atoms with Crippen molar-refractivity contribution in [1.29, 1.82) is 0 Å². The zero-order chi connectivity index (χ0) is 18.1. The smallest absolute Gasteiger partial charge is 0.247 e. The number of para-hydroxylation sites is 1. The van der Waals surface area contributed by atoms with Crippen LogP contribution >= 0.6 is 0 Å². The molecule has 1 aromatic carbocycles. The topological polar surface area (TPSA) is 77.6 Å². The van der Waals surface area contributed by atoms with E-state index in [2.05, 4.69) is 20.5 Å². The highest BCUT2D eigenvalue weighted by atomic mass is 16.2. The monoisotopic (exact) mass is 346 g/mol. The highest BCUT2D eigenvalue weighted by molar-refractivity contribution is 5.95. The van der Waals surface area contributed by atoms with Crippen LogP contribution in [-0.4, -0.2) is 30.5 Å². The van der Waals surface area contributed by atoms with E-state index in [0.29, 0.717) is 5.82 Å². The first-order valence-corrected chi connectivity index (χ1v) is 8.28. The maximum absolute atomic E-state index is 12.5. The van der Waals surface area contributed by atoms with Crippen LogP contribution in [0.2, 0.25) is 0 Å². The average molecular weight is 346 g/mol. The van der Waals surface area contributed by atoms with Crippen LogP contribution in [0.15, 0.2) is 54.9 Å². The average Bonchev–Trinajstić information content (AvgIpc) is 3.16. The number of benzene rings is 1. The summed E-state index contributed by atoms with van der Waals surface area (Å²) < 4.78 is 3.38. The van der Waals surface area contributed by atoms with E-state index >= 15 is 0 Å². The van der Waals surface area contributed by atoms with Crippen molar-refractivity contribution < 1.29 is 4.79 Å². The van der Waals surface area contributed by atoms with Crippen molar-refractivity contribution in [3.05, 3.63) is 60.6 Å². The van der Waals surface area contributed by atoms with Gasteiger partial charge in [-0.15, -0.1) is 0 Å². The molecule has 3 aromatic heterocycles. The molecule has 0 aliphatic carbocycles. The first-order chi connectivity index (χ1) is 12.6. The minimum atomic E-state index is -0.150. The molecule has 26 heavy (non-hydrogen) atoms. The Labute approximate surface area is 150 Å². The molecule has 3 heterocycles. The number of hydrogen-bond acceptors (Lipinski definition) is 4. The maximum Gasteiger partial charge on any atom is 0.247 e. The first-order valence-electron chi connectivity index (χ1n) is 8.28. The molecule has 7 nitrogen and oxygen atoms in total. The summed E-state index contributed by atoms with van der Waals surface area (Å²) in [6.07, 6.45) is 3.47. The van der Waals surface area contributed by atoms with E-state index in [0.717, 1.165) is 27.9 Å². The number of rotatable bonds is 4. The molecule has 0 saturated carbocycles. The molecule has 0 atom stereocenters. The molecule has 0 bridgehead atoms. The van der Waals surface area contributed by atoms with Gasteiger partial charge >= 0.3 is 0 Å². The highest BCUT2D eigenvalue weighted by Crippen LogP contribution is 2.27. The molecule has 4 rings (SSSR count). The van der Waals surface area contributed by atoms with Gasteiger partial charge in [-0.3, -0.25) is 19.1 Å². The van der Waals surface area contributed by atoms with Crippen LogP contribution in [0.3, 0.4) is 0 Å². The summed E-state index contributed by atoms with van der Waals surface area (Å²) in [5.74, 6) is 0.515. The second-order valence-corrected chi connectivity index (χ2v) is 6.10. The van der Waals surface area contributed by atoms with Gasteiger partial charge in [-0.2, -0.15) is 10.2 Å². The number of aryl methyl sites for hydroxylation is 2. The number of aromatic nitrogens is 5. The van der Waals surface area contributed by atoms with Gasteiger partial charge in [0.25, 0.3) is 0 Å². The Kier molecular flexibility index (Phi) is 3.96. The number of amides is 1. The van der Waals surface area contributed by atoms with E-state index in [1.165, 1.54) is 0 Å². The van der Waals surface area contributed by atoms with Gasteiger partial charge in [0.05, 0.1) is 11.2 Å². The summed E-state index contributed by atoms with van der Waals surface area (Å²) in [6, 6.07) is 13.6. The van der Waals surface area contributed by atoms with Crippen LogP contribution in [0.25, 0.3) is 22.2 Å². The third-order valence-electron chi connectivity index (χ3n) is 4.17. The lowest BCUT2D eigenvalue weighted by Gasteiger charge is -2.06. The molecule has 1 N–H and O–H groups in total. The van der Waals surface area contributed by atoms with Crippen molar-refractivity contribution in [2.24, 2.45) is 7.05 Å². The fourth-order valence-corrected chi connectivity index (χ4v) is 3.02. The Hall–Kier alpha value is -3.48. The standard InChI is InChI=1S/C19H18N6O/c1-13-11-17(24(2)22-13)21-18(26)12-25-16-6-4-3-5-15(16)19(23-25)14-7-9-20-10-8-14/h3-11H,12H2,1-2H3,(H,21,26). The maximum atomic E-state index is 12.5. The van der Waals surface area contributed by atoms with Crippen LogP contribution in [0, 0.1) is 6.92 Å². The van der Waals surface area contributed by atoms with Gasteiger partial charge in [0.15, 0.2) is 0 Å². The van der Waals surface area contributed by atoms with E-state index in [1.54, 1.807) is 28.8 Å². The summed E-state index contributed by atoms with van der Waals surface area (Å²) in [4.78, 5) is 16.6. The lowest BCUT2D eigenvalue weighted by atomic mass is 10.1. The fraction of sp³-hybridized carbons (Fsp3) is 0.158. The Morgan fingerprint density at radius 1 is 1.12 bits per heavy atom. The second-order valence-electron chi connectivity index (χ2n) is 6.10. The van der Waals surface area contributed by atoms with Crippen molar-refractivity contribution in [2.45, 2.75) is 13.5 Å². The molecular weight excluding hydrogens is 328 g/mol. The Bertz CT molecular complexity index is 1080. The van der Waals surface area contributed by atoms with Gasteiger partial charge in [-0.05, 0) is 25.1 Å². The molecule has 0 fully saturated rings. The lowest BCUT2D eigenvalue weighted by Crippen LogP contribution is -2.21. The van der Waals surface area contributed by atoms with Gasteiger partial charge in [0.1, 0.15) is 18.1 Å². The van der Waals surface area contributed by atoms with Gasteiger partial charge in [-0.25, -0.2) is 0 Å². The van der Waals surface area contributed by atoms with E-state index in [9.17, 15) is 4.79 Å². The summed E-state index contributed by atoms with van der Waals surface area (Å²) in [5.41, 5.74) is 3.58. The number of nitrogens with zero attached hydrogens (tertiary/aromatic N) is 5. The normalized spacial score (nSPS) is 11.0. The number of nitrogens with one attached hydrogen (secondary N) is 1. The second kappa shape index (κ2) is 6.44. The van der Waals surface area contributed by atoms with E-state index in [-0.39, 0.29) is 12.5 Å². The Balaban J connectivity index is 1.66. The van der Waals surface area contributed by atoms with E-state index in [1.807, 2.05) is 49.4 Å². The lowest BCUT2D eigenvalue weighted by molar-refractivity contribution is -0.116. The van der Waals surface area contributed by atoms with E-state index < -0.39 is 0 Å². The summed E-state index contributed by atoms with van der Waals surface area (Å²) in [6.45, 7) is 2.01. The van der Waals surface area contributed by atoms with Crippen LogP contribution < -0.4 is 5.32 Å². The van der Waals surface area contributed by atoms with Gasteiger partial charge in [0, 0.05) is 36.5 Å². The number of carbonyl (C=O) groups excluding carboxylic acids is 1. The Morgan fingerprint density at radius 3 is 2.62 bits per heavy atom.